The Balaban J connectivity index is 1.45. The lowest BCUT2D eigenvalue weighted by Crippen LogP contribution is -2.70. The van der Waals surface area contributed by atoms with E-state index in [2.05, 4.69) is 37.4 Å². The highest BCUT2D eigenvalue weighted by Crippen LogP contribution is 2.62. The van der Waals surface area contributed by atoms with Crippen molar-refractivity contribution in [1.82, 2.24) is 4.90 Å². The van der Waals surface area contributed by atoms with Crippen LogP contribution in [-0.2, 0) is 25.6 Å². The highest BCUT2D eigenvalue weighted by atomic mass is 16.8. The van der Waals surface area contributed by atoms with E-state index in [9.17, 15) is 20.1 Å². The molecule has 11 nitrogen and oxygen atoms in total. The number of nitrogens with zero attached hydrogens (tertiary/aromatic N) is 2. The molecule has 0 aromatic heterocycles. The summed E-state index contributed by atoms with van der Waals surface area (Å²) in [7, 11) is 0. The number of hydrogen-bond acceptors (Lipinski definition) is 10. The number of amides is 1. The summed E-state index contributed by atoms with van der Waals surface area (Å²) in [4.78, 5) is 22.8. The Morgan fingerprint density at radius 3 is 2.58 bits per heavy atom. The van der Waals surface area contributed by atoms with Crippen LogP contribution in [0.2, 0.25) is 0 Å². The minimum Gasteiger partial charge on any atom is -0.508 e. The Kier molecular flexibility index (Phi) is 14.4. The number of aliphatic hydroxyl groups excluding tert-OH is 2. The molecule has 1 saturated heterocycles. The number of benzene rings is 3. The zero-order valence-electron chi connectivity index (χ0n) is 34.1. The zero-order chi connectivity index (χ0) is 41.2. The summed E-state index contributed by atoms with van der Waals surface area (Å²) in [6.07, 6.45) is 12.6. The summed E-state index contributed by atoms with van der Waals surface area (Å²) in [6.45, 7) is 9.11. The number of aromatic hydroxyl groups is 1. The monoisotopic (exact) mass is 808 g/mol. The van der Waals surface area contributed by atoms with Crippen LogP contribution in [0, 0.1) is 17.8 Å². The van der Waals surface area contributed by atoms with Crippen molar-refractivity contribution in [1.29, 1.82) is 0 Å². The molecule has 7 atom stereocenters. The SMILES string of the molecule is C=CCCOC(=O)N(Cc1cccc2ccccc12)[C@H]1CC(=NOC2CCCCO2)C2=C[C@H](CCCCO)[C@@H](CCCCO)[C@@H]3c4cc(O)ccc4O[C@@]1(OCC=C)[C@H]23. The molecular weight excluding hydrogens is 749 g/mol. The predicted molar refractivity (Wildman–Crippen MR) is 227 cm³/mol. The average molecular weight is 809 g/mol. The molecule has 316 valence electrons. The topological polar surface area (TPSA) is 140 Å². The number of ether oxygens (including phenoxy) is 4. The zero-order valence-corrected chi connectivity index (χ0v) is 34.1. The van der Waals surface area contributed by atoms with Gasteiger partial charge < -0.3 is 39.1 Å². The van der Waals surface area contributed by atoms with Crippen LogP contribution in [0.5, 0.6) is 11.5 Å². The van der Waals surface area contributed by atoms with Crippen molar-refractivity contribution in [2.24, 2.45) is 22.9 Å². The first kappa shape index (κ1) is 42.4. The number of phenols is 1. The van der Waals surface area contributed by atoms with E-state index < -0.39 is 30.1 Å². The fourth-order valence-corrected chi connectivity index (χ4v) is 9.80. The summed E-state index contributed by atoms with van der Waals surface area (Å²) in [5.74, 6) is -1.47. The summed E-state index contributed by atoms with van der Waals surface area (Å²) in [5, 5.41) is 37.8. The van der Waals surface area contributed by atoms with Gasteiger partial charge in [0, 0.05) is 37.5 Å². The molecule has 1 unspecified atom stereocenters. The highest BCUT2D eigenvalue weighted by Gasteiger charge is 2.65. The molecule has 59 heavy (non-hydrogen) atoms. The molecule has 0 bridgehead atoms. The van der Waals surface area contributed by atoms with E-state index in [4.69, 9.17) is 28.9 Å². The first-order chi connectivity index (χ1) is 28.9. The van der Waals surface area contributed by atoms with E-state index in [1.807, 2.05) is 24.3 Å². The van der Waals surface area contributed by atoms with Gasteiger partial charge >= 0.3 is 6.09 Å². The summed E-state index contributed by atoms with van der Waals surface area (Å²) < 4.78 is 26.4. The Hall–Kier alpha value is -4.68. The van der Waals surface area contributed by atoms with Gasteiger partial charge in [-0.05, 0) is 96.9 Å². The van der Waals surface area contributed by atoms with Gasteiger partial charge in [0.1, 0.15) is 17.5 Å². The molecule has 3 aromatic carbocycles. The third-order valence-corrected chi connectivity index (χ3v) is 12.5. The molecule has 1 amide bonds. The standard InChI is InChI=1S/C48H60N2O9/c1-3-5-27-56-47(54)50(32-35-18-14-17-33-15-6-7-19-37(33)35)43-31-41(49-59-44-21-10-13-28-55-44)39-29-34(16-8-11-24-51)38(20-9-12-25-52)45-40-30-36(53)22-23-42(40)58-48(43,46(39)45)57-26-4-2/h3-4,6-7,14-15,17-19,22-23,29-30,34,38,43-46,51-53H,1-2,5,8-13,16,20-21,24-28,31-32H2/t34-,38+,43-,44?,45+,46+,48+/m0/s1. The van der Waals surface area contributed by atoms with Crippen molar-refractivity contribution in [3.63, 3.8) is 0 Å². The Bertz CT molecular complexity index is 1970. The molecule has 2 aliphatic carbocycles. The minimum atomic E-state index is -1.47. The Labute approximate surface area is 347 Å². The Morgan fingerprint density at radius 2 is 1.80 bits per heavy atom. The van der Waals surface area contributed by atoms with Gasteiger partial charge in [-0.15, -0.1) is 13.2 Å². The second kappa shape index (κ2) is 20.1. The van der Waals surface area contributed by atoms with Crippen molar-refractivity contribution >= 4 is 22.6 Å². The number of fused-ring (bicyclic) bond motifs is 3. The number of hydrogen-bond donors (Lipinski definition) is 3. The first-order valence-electron chi connectivity index (χ1n) is 21.5. The molecule has 0 spiro atoms. The van der Waals surface area contributed by atoms with Gasteiger partial charge in [-0.25, -0.2) is 4.79 Å². The van der Waals surface area contributed by atoms with E-state index in [-0.39, 0.29) is 62.9 Å². The second-order valence-electron chi connectivity index (χ2n) is 16.2. The normalized spacial score (nSPS) is 26.5. The van der Waals surface area contributed by atoms with E-state index in [1.54, 1.807) is 35.3 Å². The molecule has 1 saturated carbocycles. The van der Waals surface area contributed by atoms with Crippen LogP contribution >= 0.6 is 0 Å². The lowest BCUT2D eigenvalue weighted by atomic mass is 9.55. The number of allylic oxidation sites excluding steroid dienone is 1. The van der Waals surface area contributed by atoms with Crippen LogP contribution in [-0.4, -0.2) is 83.2 Å². The van der Waals surface area contributed by atoms with Crippen LogP contribution < -0.4 is 4.74 Å². The highest BCUT2D eigenvalue weighted by molar-refractivity contribution is 6.03. The van der Waals surface area contributed by atoms with Crippen molar-refractivity contribution in [3.8, 4) is 11.5 Å². The average Bonchev–Trinajstić information content (AvgIpc) is 3.26. The Morgan fingerprint density at radius 1 is 0.983 bits per heavy atom. The number of phenolic OH excluding ortho intramolecular Hbond substituents is 1. The van der Waals surface area contributed by atoms with Gasteiger partial charge in [-0.3, -0.25) is 4.90 Å². The summed E-state index contributed by atoms with van der Waals surface area (Å²) >= 11 is 0. The lowest BCUT2D eigenvalue weighted by molar-refractivity contribution is -0.256. The van der Waals surface area contributed by atoms with Crippen LogP contribution in [0.25, 0.3) is 10.8 Å². The number of oxime groups is 1. The maximum Gasteiger partial charge on any atom is 0.410 e. The predicted octanol–water partition coefficient (Wildman–Crippen LogP) is 8.92. The van der Waals surface area contributed by atoms with E-state index >= 15 is 0 Å². The van der Waals surface area contributed by atoms with Crippen molar-refractivity contribution in [2.75, 3.05) is 33.0 Å². The fraction of sp³-hybridized carbons (Fsp3) is 0.500. The number of aliphatic hydroxyl groups is 2. The molecular formula is C48H60N2O9. The van der Waals surface area contributed by atoms with Crippen LogP contribution in [0.1, 0.15) is 87.7 Å². The summed E-state index contributed by atoms with van der Waals surface area (Å²) in [5.41, 5.74) is 3.37. The molecule has 2 heterocycles. The lowest BCUT2D eigenvalue weighted by Gasteiger charge is -2.59. The van der Waals surface area contributed by atoms with E-state index in [1.165, 1.54) is 0 Å². The molecule has 0 radical (unpaired) electrons. The fourth-order valence-electron chi connectivity index (χ4n) is 9.80. The number of carbonyl (C=O) groups is 1. The largest absolute Gasteiger partial charge is 0.508 e. The first-order valence-corrected chi connectivity index (χ1v) is 21.5. The van der Waals surface area contributed by atoms with Gasteiger partial charge in [0.2, 0.25) is 12.1 Å². The van der Waals surface area contributed by atoms with Crippen molar-refractivity contribution < 1.29 is 43.9 Å². The van der Waals surface area contributed by atoms with Gasteiger partial charge in [0.15, 0.2) is 0 Å². The molecule has 4 aliphatic rings. The number of carbonyl (C=O) groups excluding carboxylic acids is 1. The molecule has 3 aromatic rings. The van der Waals surface area contributed by atoms with E-state index in [0.717, 1.165) is 66.0 Å². The van der Waals surface area contributed by atoms with Crippen LogP contribution in [0.4, 0.5) is 4.79 Å². The van der Waals surface area contributed by atoms with Crippen molar-refractivity contribution in [3.05, 3.63) is 109 Å². The number of rotatable bonds is 19. The van der Waals surface area contributed by atoms with E-state index in [0.29, 0.717) is 43.8 Å². The maximum absolute atomic E-state index is 14.8. The summed E-state index contributed by atoms with van der Waals surface area (Å²) in [6, 6.07) is 18.7. The third-order valence-electron chi connectivity index (χ3n) is 12.5. The maximum atomic E-state index is 14.8. The van der Waals surface area contributed by atoms with Gasteiger partial charge in [0.05, 0.1) is 38.0 Å². The van der Waals surface area contributed by atoms with Crippen LogP contribution in [0.15, 0.2) is 103 Å². The smallest absolute Gasteiger partial charge is 0.410 e. The molecule has 2 fully saturated rings. The van der Waals surface area contributed by atoms with Crippen LogP contribution in [0.3, 0.4) is 0 Å². The quantitative estimate of drug-likeness (QED) is 0.0616. The minimum absolute atomic E-state index is 0.0267. The third kappa shape index (κ3) is 9.23. The van der Waals surface area contributed by atoms with Gasteiger partial charge in [0.25, 0.3) is 0 Å². The van der Waals surface area contributed by atoms with Gasteiger partial charge in [-0.1, -0.05) is 78.7 Å². The molecule has 11 heteroatoms. The van der Waals surface area contributed by atoms with Gasteiger partial charge in [-0.2, -0.15) is 0 Å². The number of unbranched alkanes of at least 4 members (excludes halogenated alkanes) is 2. The molecule has 2 aliphatic heterocycles. The molecule has 7 rings (SSSR count). The second-order valence-corrected chi connectivity index (χ2v) is 16.2. The molecule has 3 N–H and O–H groups in total. The van der Waals surface area contributed by atoms with Crippen molar-refractivity contribution in [2.45, 2.75) is 101 Å².